The molecule has 1 unspecified atom stereocenters. The Balaban J connectivity index is 1.81. The minimum atomic E-state index is -0.392. The van der Waals surface area contributed by atoms with Crippen molar-refractivity contribution in [3.05, 3.63) is 24.3 Å². The van der Waals surface area contributed by atoms with E-state index in [1.165, 1.54) is 0 Å². The van der Waals surface area contributed by atoms with Gasteiger partial charge >= 0.3 is 0 Å². The van der Waals surface area contributed by atoms with Gasteiger partial charge in [0.25, 0.3) is 0 Å². The van der Waals surface area contributed by atoms with Crippen LogP contribution in [0, 0.1) is 0 Å². The maximum Gasteiger partial charge on any atom is 0.242 e. The van der Waals surface area contributed by atoms with Crippen LogP contribution in [0.3, 0.4) is 0 Å². The molecule has 1 aliphatic heterocycles. The number of nitrogens with one attached hydrogen (secondary N) is 2. The van der Waals surface area contributed by atoms with Crippen LogP contribution in [0.5, 0.6) is 5.75 Å². The molecule has 1 saturated heterocycles. The number of ether oxygens (including phenoxy) is 1. The van der Waals surface area contributed by atoms with Crippen LogP contribution in [0.2, 0.25) is 0 Å². The van der Waals surface area contributed by atoms with Gasteiger partial charge in [-0.2, -0.15) is 11.8 Å². The van der Waals surface area contributed by atoms with Gasteiger partial charge < -0.3 is 21.1 Å². The minimum absolute atomic E-state index is 0.0235. The molecule has 1 atom stereocenters. The van der Waals surface area contributed by atoms with Crippen molar-refractivity contribution in [1.82, 2.24) is 5.32 Å². The lowest BCUT2D eigenvalue weighted by atomic mass is 10.2. The van der Waals surface area contributed by atoms with Crippen molar-refractivity contribution in [3.63, 3.8) is 0 Å². The Morgan fingerprint density at radius 3 is 2.76 bits per heavy atom. The SMILES string of the molecule is NC(=O)CCOc1ccc(NC(=O)C2CSCCN2)cc1. The molecule has 6 nitrogen and oxygen atoms in total. The summed E-state index contributed by atoms with van der Waals surface area (Å²) < 4.78 is 5.36. The van der Waals surface area contributed by atoms with Gasteiger partial charge in [-0.15, -0.1) is 0 Å². The summed E-state index contributed by atoms with van der Waals surface area (Å²) in [7, 11) is 0. The predicted octanol–water partition coefficient (Wildman–Crippen LogP) is 0.584. The number of rotatable bonds is 6. The van der Waals surface area contributed by atoms with Crippen LogP contribution in [0.15, 0.2) is 24.3 Å². The Morgan fingerprint density at radius 2 is 2.14 bits per heavy atom. The van der Waals surface area contributed by atoms with E-state index in [4.69, 9.17) is 10.5 Å². The molecule has 1 aromatic rings. The zero-order valence-corrected chi connectivity index (χ0v) is 12.4. The maximum atomic E-state index is 12.0. The van der Waals surface area contributed by atoms with Crippen molar-refractivity contribution in [1.29, 1.82) is 0 Å². The Kier molecular flexibility index (Phi) is 5.89. The lowest BCUT2D eigenvalue weighted by Crippen LogP contribution is -2.46. The molecule has 0 aromatic heterocycles. The van der Waals surface area contributed by atoms with Gasteiger partial charge in [0.05, 0.1) is 19.1 Å². The second-order valence-corrected chi connectivity index (χ2v) is 5.81. The Hall–Kier alpha value is -1.73. The molecule has 1 aromatic carbocycles. The molecule has 114 valence electrons. The topological polar surface area (TPSA) is 93.5 Å². The van der Waals surface area contributed by atoms with Crippen molar-refractivity contribution >= 4 is 29.3 Å². The van der Waals surface area contributed by atoms with Crippen LogP contribution >= 0.6 is 11.8 Å². The first kappa shape index (κ1) is 15.7. The van der Waals surface area contributed by atoms with Crippen LogP contribution in [0.4, 0.5) is 5.69 Å². The van der Waals surface area contributed by atoms with Gasteiger partial charge in [-0.05, 0) is 24.3 Å². The van der Waals surface area contributed by atoms with E-state index in [0.717, 1.165) is 23.7 Å². The fourth-order valence-corrected chi connectivity index (χ4v) is 2.80. The Bertz CT molecular complexity index is 487. The van der Waals surface area contributed by atoms with E-state index in [2.05, 4.69) is 10.6 Å². The number of carbonyl (C=O) groups is 2. The highest BCUT2D eigenvalue weighted by atomic mass is 32.2. The highest BCUT2D eigenvalue weighted by Gasteiger charge is 2.20. The van der Waals surface area contributed by atoms with Crippen LogP contribution in [-0.4, -0.2) is 42.5 Å². The largest absolute Gasteiger partial charge is 0.493 e. The number of amides is 2. The monoisotopic (exact) mass is 309 g/mol. The summed E-state index contributed by atoms with van der Waals surface area (Å²) in [6.07, 6.45) is 0.184. The fraction of sp³-hybridized carbons (Fsp3) is 0.429. The second-order valence-electron chi connectivity index (χ2n) is 4.66. The lowest BCUT2D eigenvalue weighted by molar-refractivity contribution is -0.119. The average molecular weight is 309 g/mol. The molecule has 1 aliphatic rings. The van der Waals surface area contributed by atoms with E-state index < -0.39 is 5.91 Å². The first-order chi connectivity index (χ1) is 10.1. The molecular weight excluding hydrogens is 290 g/mol. The summed E-state index contributed by atoms with van der Waals surface area (Å²) in [5.41, 5.74) is 5.75. The lowest BCUT2D eigenvalue weighted by Gasteiger charge is -2.22. The van der Waals surface area contributed by atoms with Gasteiger partial charge in [-0.25, -0.2) is 0 Å². The molecule has 2 amide bonds. The minimum Gasteiger partial charge on any atom is -0.493 e. The third kappa shape index (κ3) is 5.28. The van der Waals surface area contributed by atoms with Crippen LogP contribution in [0.1, 0.15) is 6.42 Å². The van der Waals surface area contributed by atoms with Crippen molar-refractivity contribution in [3.8, 4) is 5.75 Å². The molecule has 1 fully saturated rings. The Labute approximate surface area is 127 Å². The highest BCUT2D eigenvalue weighted by molar-refractivity contribution is 7.99. The average Bonchev–Trinajstić information content (AvgIpc) is 2.49. The van der Waals surface area contributed by atoms with Crippen molar-refractivity contribution in [2.45, 2.75) is 12.5 Å². The van der Waals surface area contributed by atoms with E-state index in [1.807, 2.05) is 0 Å². The molecule has 0 saturated carbocycles. The van der Waals surface area contributed by atoms with Crippen LogP contribution in [0.25, 0.3) is 0 Å². The van der Waals surface area contributed by atoms with Crippen molar-refractivity contribution in [2.75, 3.05) is 30.0 Å². The summed E-state index contributed by atoms with van der Waals surface area (Å²) in [6.45, 7) is 1.11. The summed E-state index contributed by atoms with van der Waals surface area (Å²) >= 11 is 1.77. The summed E-state index contributed by atoms with van der Waals surface area (Å²) in [5, 5.41) is 6.06. The standard InChI is InChI=1S/C14H19N3O3S/c15-13(18)5-7-20-11-3-1-10(2-4-11)17-14(19)12-9-21-8-6-16-12/h1-4,12,16H,5-9H2,(H2,15,18)(H,17,19). The van der Waals surface area contributed by atoms with Gasteiger partial charge in [0, 0.05) is 23.7 Å². The summed E-state index contributed by atoms with van der Waals surface area (Å²) in [4.78, 5) is 22.6. The van der Waals surface area contributed by atoms with Crippen molar-refractivity contribution < 1.29 is 14.3 Å². The molecule has 1 heterocycles. The van der Waals surface area contributed by atoms with Gasteiger partial charge in [-0.3, -0.25) is 9.59 Å². The molecule has 21 heavy (non-hydrogen) atoms. The van der Waals surface area contributed by atoms with E-state index >= 15 is 0 Å². The molecule has 7 heteroatoms. The van der Waals surface area contributed by atoms with Gasteiger partial charge in [0.2, 0.25) is 11.8 Å². The smallest absolute Gasteiger partial charge is 0.242 e. The van der Waals surface area contributed by atoms with E-state index in [1.54, 1.807) is 36.0 Å². The Morgan fingerprint density at radius 1 is 1.38 bits per heavy atom. The molecule has 4 N–H and O–H groups in total. The fourth-order valence-electron chi connectivity index (χ4n) is 1.87. The summed E-state index contributed by atoms with van der Waals surface area (Å²) in [5.74, 6) is 2.06. The number of carbonyl (C=O) groups excluding carboxylic acids is 2. The molecule has 0 radical (unpaired) electrons. The second kappa shape index (κ2) is 7.90. The molecule has 0 aliphatic carbocycles. The zero-order chi connectivity index (χ0) is 15.1. The summed E-state index contributed by atoms with van der Waals surface area (Å²) in [6, 6.07) is 6.90. The van der Waals surface area contributed by atoms with E-state index in [0.29, 0.717) is 5.75 Å². The normalized spacial score (nSPS) is 18.0. The quantitative estimate of drug-likeness (QED) is 0.715. The number of hydrogen-bond donors (Lipinski definition) is 3. The van der Waals surface area contributed by atoms with Crippen LogP contribution < -0.4 is 21.1 Å². The molecule has 0 spiro atoms. The first-order valence-corrected chi connectivity index (χ1v) is 7.94. The maximum absolute atomic E-state index is 12.0. The number of primary amides is 1. The number of anilines is 1. The van der Waals surface area contributed by atoms with E-state index in [-0.39, 0.29) is 25.0 Å². The predicted molar refractivity (Wildman–Crippen MR) is 83.5 cm³/mol. The number of nitrogens with two attached hydrogens (primary N) is 1. The zero-order valence-electron chi connectivity index (χ0n) is 11.6. The number of benzene rings is 1. The van der Waals surface area contributed by atoms with E-state index in [9.17, 15) is 9.59 Å². The first-order valence-electron chi connectivity index (χ1n) is 6.78. The third-order valence-corrected chi connectivity index (χ3v) is 4.04. The van der Waals surface area contributed by atoms with Crippen LogP contribution in [-0.2, 0) is 9.59 Å². The van der Waals surface area contributed by atoms with Gasteiger partial charge in [-0.1, -0.05) is 0 Å². The number of thioether (sulfide) groups is 1. The molecule has 0 bridgehead atoms. The van der Waals surface area contributed by atoms with Gasteiger partial charge in [0.15, 0.2) is 0 Å². The van der Waals surface area contributed by atoms with Gasteiger partial charge in [0.1, 0.15) is 5.75 Å². The number of hydrogen-bond acceptors (Lipinski definition) is 5. The highest BCUT2D eigenvalue weighted by Crippen LogP contribution is 2.17. The molecule has 2 rings (SSSR count). The van der Waals surface area contributed by atoms with Crippen molar-refractivity contribution in [2.24, 2.45) is 5.73 Å². The molecular formula is C14H19N3O3S. The third-order valence-electron chi connectivity index (χ3n) is 2.98.